The van der Waals surface area contributed by atoms with Crippen LogP contribution in [-0.4, -0.2) is 26.2 Å². The molecule has 0 rings (SSSR count). The van der Waals surface area contributed by atoms with Gasteiger partial charge in [-0.05, 0) is 39.2 Å². The number of rotatable bonds is 5. The fraction of sp³-hybridized carbons (Fsp3) is 0.750. The van der Waals surface area contributed by atoms with Crippen LogP contribution < -0.4 is 10.0 Å². The van der Waals surface area contributed by atoms with Gasteiger partial charge in [0.2, 0.25) is 10.0 Å². The van der Waals surface area contributed by atoms with Crippen molar-refractivity contribution < 1.29 is 13.2 Å². The highest BCUT2D eigenvalue weighted by atomic mass is 32.2. The molecule has 0 aromatic heterocycles. The molecule has 0 aliphatic carbocycles. The molecule has 2 N–H and O–H groups in total. The summed E-state index contributed by atoms with van der Waals surface area (Å²) >= 11 is 0. The molecule has 0 spiro atoms. The van der Waals surface area contributed by atoms with Crippen LogP contribution in [0.3, 0.4) is 0 Å². The zero-order valence-corrected chi connectivity index (χ0v) is 12.8. The maximum absolute atomic E-state index is 11.5. The number of hydrogen-bond acceptors (Lipinski definition) is 3. The molecule has 0 aliphatic rings. The molecule has 0 heterocycles. The first-order valence-corrected chi connectivity index (χ1v) is 7.58. The van der Waals surface area contributed by atoms with Crippen molar-refractivity contribution in [2.75, 3.05) is 6.54 Å². The van der Waals surface area contributed by atoms with Crippen LogP contribution in [0.1, 0.15) is 41.5 Å². The van der Waals surface area contributed by atoms with Gasteiger partial charge in [0.05, 0.1) is 5.25 Å². The molecule has 0 bridgehead atoms. The summed E-state index contributed by atoms with van der Waals surface area (Å²) in [6, 6.07) is -0.678. The van der Waals surface area contributed by atoms with Crippen molar-refractivity contribution in [2.24, 2.45) is 5.92 Å². The highest BCUT2D eigenvalue weighted by Crippen LogP contribution is 2.13. The second-order valence-electron chi connectivity index (χ2n) is 5.06. The molecule has 0 fully saturated rings. The first kappa shape index (κ1) is 17.0. The van der Waals surface area contributed by atoms with Crippen molar-refractivity contribution in [2.45, 2.75) is 46.8 Å². The summed E-state index contributed by atoms with van der Waals surface area (Å²) in [5.74, 6) is 0.317. The SMILES string of the molecule is CC(C)=C(CNC(=O)NS(=O)(=O)C(C)C)C(C)C. The minimum Gasteiger partial charge on any atom is -0.334 e. The van der Waals surface area contributed by atoms with Gasteiger partial charge in [0, 0.05) is 6.54 Å². The number of allylic oxidation sites excluding steroid dienone is 1. The summed E-state index contributed by atoms with van der Waals surface area (Å²) in [5.41, 5.74) is 2.24. The Morgan fingerprint density at radius 2 is 1.61 bits per heavy atom. The molecule has 0 unspecified atom stereocenters. The predicted molar refractivity (Wildman–Crippen MR) is 73.8 cm³/mol. The molecule has 0 radical (unpaired) electrons. The number of carbonyl (C=O) groups is 1. The molecule has 0 aromatic carbocycles. The van der Waals surface area contributed by atoms with E-state index in [1.807, 2.05) is 32.4 Å². The zero-order chi connectivity index (χ0) is 14.5. The van der Waals surface area contributed by atoms with Crippen molar-refractivity contribution >= 4 is 16.1 Å². The van der Waals surface area contributed by atoms with Crippen LogP contribution in [0.4, 0.5) is 4.79 Å². The third kappa shape index (κ3) is 5.53. The maximum Gasteiger partial charge on any atom is 0.328 e. The first-order chi connectivity index (χ1) is 8.08. The van der Waals surface area contributed by atoms with E-state index in [1.54, 1.807) is 0 Å². The smallest absolute Gasteiger partial charge is 0.328 e. The molecular formula is C12H24N2O3S. The summed E-state index contributed by atoms with van der Waals surface area (Å²) < 4.78 is 24.9. The summed E-state index contributed by atoms with van der Waals surface area (Å²) in [4.78, 5) is 11.5. The summed E-state index contributed by atoms with van der Waals surface area (Å²) in [6.45, 7) is 11.4. The average Bonchev–Trinajstić information content (AvgIpc) is 2.15. The minimum atomic E-state index is -3.56. The summed E-state index contributed by atoms with van der Waals surface area (Å²) in [6.07, 6.45) is 0. The van der Waals surface area contributed by atoms with E-state index in [2.05, 4.69) is 5.32 Å². The predicted octanol–water partition coefficient (Wildman–Crippen LogP) is 2.02. The third-order valence-electron chi connectivity index (χ3n) is 2.63. The van der Waals surface area contributed by atoms with E-state index in [4.69, 9.17) is 0 Å². The lowest BCUT2D eigenvalue weighted by Gasteiger charge is -2.16. The zero-order valence-electron chi connectivity index (χ0n) is 12.0. The molecule has 2 amide bonds. The third-order valence-corrected chi connectivity index (χ3v) is 4.35. The topological polar surface area (TPSA) is 75.3 Å². The summed E-state index contributed by atoms with van der Waals surface area (Å²) in [5, 5.41) is 1.94. The van der Waals surface area contributed by atoms with Crippen molar-refractivity contribution in [1.82, 2.24) is 10.0 Å². The molecule has 0 saturated carbocycles. The minimum absolute atomic E-state index is 0.317. The molecule has 6 heteroatoms. The Hall–Kier alpha value is -1.04. The van der Waals surface area contributed by atoms with Crippen molar-refractivity contribution in [3.63, 3.8) is 0 Å². The Labute approximate surface area is 110 Å². The lowest BCUT2D eigenvalue weighted by atomic mass is 9.99. The normalized spacial score (nSPS) is 11.6. The lowest BCUT2D eigenvalue weighted by Crippen LogP contribution is -2.43. The van der Waals surface area contributed by atoms with Gasteiger partial charge in [0.1, 0.15) is 0 Å². The van der Waals surface area contributed by atoms with Crippen LogP contribution in [0.15, 0.2) is 11.1 Å². The molecule has 0 aliphatic heterocycles. The van der Waals surface area contributed by atoms with E-state index in [9.17, 15) is 13.2 Å². The van der Waals surface area contributed by atoms with Crippen LogP contribution in [-0.2, 0) is 10.0 Å². The monoisotopic (exact) mass is 276 g/mol. The number of amides is 2. The van der Waals surface area contributed by atoms with E-state index in [0.29, 0.717) is 12.5 Å². The number of nitrogens with one attached hydrogen (secondary N) is 2. The molecule has 0 aromatic rings. The molecule has 0 saturated heterocycles. The Morgan fingerprint density at radius 1 is 1.11 bits per heavy atom. The van der Waals surface area contributed by atoms with Gasteiger partial charge in [0.15, 0.2) is 0 Å². The summed E-state index contributed by atoms with van der Waals surface area (Å²) in [7, 11) is -3.56. The quantitative estimate of drug-likeness (QED) is 0.754. The van der Waals surface area contributed by atoms with Gasteiger partial charge in [-0.15, -0.1) is 0 Å². The highest BCUT2D eigenvalue weighted by molar-refractivity contribution is 7.90. The van der Waals surface area contributed by atoms with Crippen LogP contribution >= 0.6 is 0 Å². The standard InChI is InChI=1S/C12H24N2O3S/c1-8(2)11(9(3)4)7-13-12(15)14-18(16,17)10(5)6/h8,10H,7H2,1-6H3,(H2,13,14,15). The van der Waals surface area contributed by atoms with Gasteiger partial charge in [-0.1, -0.05) is 19.4 Å². The highest BCUT2D eigenvalue weighted by Gasteiger charge is 2.18. The average molecular weight is 276 g/mol. The van der Waals surface area contributed by atoms with Crippen LogP contribution in [0.5, 0.6) is 0 Å². The lowest BCUT2D eigenvalue weighted by molar-refractivity contribution is 0.246. The molecule has 106 valence electrons. The van der Waals surface area contributed by atoms with E-state index in [0.717, 1.165) is 11.1 Å². The number of sulfonamides is 1. The molecular weight excluding hydrogens is 252 g/mol. The van der Waals surface area contributed by atoms with Crippen molar-refractivity contribution in [1.29, 1.82) is 0 Å². The molecule has 0 atom stereocenters. The molecule has 5 nitrogen and oxygen atoms in total. The Balaban J connectivity index is 4.50. The Bertz CT molecular complexity index is 419. The largest absolute Gasteiger partial charge is 0.334 e. The fourth-order valence-corrected chi connectivity index (χ4v) is 1.98. The van der Waals surface area contributed by atoms with Gasteiger partial charge >= 0.3 is 6.03 Å². The second kappa shape index (κ2) is 6.78. The van der Waals surface area contributed by atoms with E-state index in [1.165, 1.54) is 13.8 Å². The first-order valence-electron chi connectivity index (χ1n) is 6.03. The Morgan fingerprint density at radius 3 is 1.94 bits per heavy atom. The van der Waals surface area contributed by atoms with Gasteiger partial charge in [-0.2, -0.15) is 0 Å². The van der Waals surface area contributed by atoms with Crippen LogP contribution in [0, 0.1) is 5.92 Å². The Kier molecular flexibility index (Phi) is 6.38. The van der Waals surface area contributed by atoms with Crippen molar-refractivity contribution in [3.8, 4) is 0 Å². The van der Waals surface area contributed by atoms with Crippen LogP contribution in [0.2, 0.25) is 0 Å². The van der Waals surface area contributed by atoms with E-state index >= 15 is 0 Å². The van der Waals surface area contributed by atoms with E-state index in [-0.39, 0.29) is 0 Å². The maximum atomic E-state index is 11.5. The van der Waals surface area contributed by atoms with Gasteiger partial charge in [-0.3, -0.25) is 0 Å². The van der Waals surface area contributed by atoms with E-state index < -0.39 is 21.3 Å². The number of hydrogen-bond donors (Lipinski definition) is 2. The fourth-order valence-electron chi connectivity index (χ4n) is 1.42. The second-order valence-corrected chi connectivity index (χ2v) is 7.30. The van der Waals surface area contributed by atoms with Gasteiger partial charge < -0.3 is 5.32 Å². The van der Waals surface area contributed by atoms with Crippen LogP contribution in [0.25, 0.3) is 0 Å². The van der Waals surface area contributed by atoms with Gasteiger partial charge in [0.25, 0.3) is 0 Å². The molecule has 18 heavy (non-hydrogen) atoms. The van der Waals surface area contributed by atoms with Crippen molar-refractivity contribution in [3.05, 3.63) is 11.1 Å². The number of urea groups is 1. The van der Waals surface area contributed by atoms with Gasteiger partial charge in [-0.25, -0.2) is 17.9 Å². The number of carbonyl (C=O) groups excluding carboxylic acids is 1.